The minimum absolute atomic E-state index is 0.164. The number of carbonyl (C=O) groups is 2. The first kappa shape index (κ1) is 8.66. The van der Waals surface area contributed by atoms with Crippen LogP contribution in [0.5, 0.6) is 0 Å². The van der Waals surface area contributed by atoms with E-state index in [2.05, 4.69) is 4.98 Å². The lowest BCUT2D eigenvalue weighted by Crippen LogP contribution is -2.05. The van der Waals surface area contributed by atoms with Gasteiger partial charge in [0, 0.05) is 0 Å². The van der Waals surface area contributed by atoms with Crippen molar-refractivity contribution in [1.29, 1.82) is 0 Å². The standard InChI is InChI=1S/C6H5NO4S/c8-4(9)1-3-5(6(10)11)7-2-12-3/h2H,1H2,(H,8,9)(H,10,11). The molecule has 1 heterocycles. The summed E-state index contributed by atoms with van der Waals surface area (Å²) in [5.41, 5.74) is 1.16. The molecule has 1 rings (SSSR count). The molecule has 0 spiro atoms. The molecule has 6 heteroatoms. The summed E-state index contributed by atoms with van der Waals surface area (Å²) in [6.07, 6.45) is -0.285. The van der Waals surface area contributed by atoms with Gasteiger partial charge in [-0.25, -0.2) is 9.78 Å². The molecule has 1 aromatic heterocycles. The predicted molar refractivity (Wildman–Crippen MR) is 40.4 cm³/mol. The maximum Gasteiger partial charge on any atom is 0.355 e. The first-order valence-corrected chi connectivity index (χ1v) is 3.86. The van der Waals surface area contributed by atoms with E-state index in [9.17, 15) is 9.59 Å². The first-order chi connectivity index (χ1) is 5.61. The zero-order valence-electron chi connectivity index (χ0n) is 5.85. The first-order valence-electron chi connectivity index (χ1n) is 2.98. The Hall–Kier alpha value is -1.43. The second kappa shape index (κ2) is 3.31. The van der Waals surface area contributed by atoms with E-state index in [0.29, 0.717) is 0 Å². The summed E-state index contributed by atoms with van der Waals surface area (Å²) in [7, 11) is 0. The molecule has 1 aromatic rings. The SMILES string of the molecule is O=C(O)Cc1scnc1C(=O)O. The molecule has 0 aliphatic carbocycles. The Morgan fingerprint density at radius 2 is 2.17 bits per heavy atom. The van der Waals surface area contributed by atoms with Gasteiger partial charge in [-0.1, -0.05) is 0 Å². The minimum Gasteiger partial charge on any atom is -0.481 e. The number of carboxylic acids is 2. The number of rotatable bonds is 3. The Morgan fingerprint density at radius 1 is 1.50 bits per heavy atom. The van der Waals surface area contributed by atoms with Gasteiger partial charge in [0.25, 0.3) is 0 Å². The van der Waals surface area contributed by atoms with Crippen molar-refractivity contribution in [3.8, 4) is 0 Å². The van der Waals surface area contributed by atoms with Crippen molar-refractivity contribution in [2.75, 3.05) is 0 Å². The van der Waals surface area contributed by atoms with Crippen LogP contribution in [0.2, 0.25) is 0 Å². The van der Waals surface area contributed by atoms with Crippen molar-refractivity contribution >= 4 is 23.3 Å². The van der Waals surface area contributed by atoms with Gasteiger partial charge in [0.2, 0.25) is 0 Å². The van der Waals surface area contributed by atoms with Crippen LogP contribution in [0.25, 0.3) is 0 Å². The van der Waals surface area contributed by atoms with Crippen LogP contribution in [0.3, 0.4) is 0 Å². The molecule has 2 N–H and O–H groups in total. The van der Waals surface area contributed by atoms with E-state index in [-0.39, 0.29) is 17.0 Å². The zero-order valence-corrected chi connectivity index (χ0v) is 6.67. The summed E-state index contributed by atoms with van der Waals surface area (Å²) < 4.78 is 0. The number of hydrogen-bond donors (Lipinski definition) is 2. The van der Waals surface area contributed by atoms with E-state index in [0.717, 1.165) is 11.3 Å². The Kier molecular flexibility index (Phi) is 2.39. The molecule has 12 heavy (non-hydrogen) atoms. The summed E-state index contributed by atoms with van der Waals surface area (Å²) in [6.45, 7) is 0. The smallest absolute Gasteiger partial charge is 0.355 e. The van der Waals surface area contributed by atoms with Gasteiger partial charge in [-0.3, -0.25) is 4.79 Å². The van der Waals surface area contributed by atoms with Gasteiger partial charge in [0.15, 0.2) is 5.69 Å². The lowest BCUT2D eigenvalue weighted by molar-refractivity contribution is -0.136. The second-order valence-electron chi connectivity index (χ2n) is 2.00. The van der Waals surface area contributed by atoms with Crippen molar-refractivity contribution in [3.63, 3.8) is 0 Å². The van der Waals surface area contributed by atoms with Crippen LogP contribution in [-0.2, 0) is 11.2 Å². The van der Waals surface area contributed by atoms with Crippen LogP contribution in [-0.4, -0.2) is 27.1 Å². The Balaban J connectivity index is 2.91. The molecule has 5 nitrogen and oxygen atoms in total. The zero-order chi connectivity index (χ0) is 9.14. The average Bonchev–Trinajstić information content (AvgIpc) is 2.33. The molecule has 64 valence electrons. The molecule has 0 atom stereocenters. The summed E-state index contributed by atoms with van der Waals surface area (Å²) in [5, 5.41) is 16.9. The van der Waals surface area contributed by atoms with Crippen molar-refractivity contribution in [3.05, 3.63) is 16.1 Å². The molecule has 0 unspecified atom stereocenters. The summed E-state index contributed by atoms with van der Waals surface area (Å²) >= 11 is 1.03. The van der Waals surface area contributed by atoms with Gasteiger partial charge < -0.3 is 10.2 Å². The maximum absolute atomic E-state index is 10.4. The topological polar surface area (TPSA) is 87.5 Å². The molecule has 0 bridgehead atoms. The molecule has 0 aliphatic heterocycles. The molecule has 0 fully saturated rings. The molecular weight excluding hydrogens is 182 g/mol. The molecular formula is C6H5NO4S. The number of carboxylic acid groups (broad SMARTS) is 2. The molecule has 0 amide bonds. The molecule has 0 aromatic carbocycles. The Morgan fingerprint density at radius 3 is 2.67 bits per heavy atom. The van der Waals surface area contributed by atoms with E-state index >= 15 is 0 Å². The molecule has 0 aliphatic rings. The third-order valence-electron chi connectivity index (χ3n) is 1.16. The lowest BCUT2D eigenvalue weighted by Gasteiger charge is -1.91. The number of aromatic carboxylic acids is 1. The lowest BCUT2D eigenvalue weighted by atomic mass is 10.3. The quantitative estimate of drug-likeness (QED) is 0.718. The highest BCUT2D eigenvalue weighted by Gasteiger charge is 2.15. The van der Waals surface area contributed by atoms with E-state index in [1.54, 1.807) is 0 Å². The number of thiazole rings is 1. The summed E-state index contributed by atoms with van der Waals surface area (Å²) in [4.78, 5) is 24.4. The second-order valence-corrected chi connectivity index (χ2v) is 2.94. The minimum atomic E-state index is -1.19. The van der Waals surface area contributed by atoms with Gasteiger partial charge in [0.05, 0.1) is 16.8 Å². The van der Waals surface area contributed by atoms with E-state index in [4.69, 9.17) is 10.2 Å². The Labute approximate surface area is 71.3 Å². The fourth-order valence-electron chi connectivity index (χ4n) is 0.708. The third-order valence-corrected chi connectivity index (χ3v) is 1.99. The third kappa shape index (κ3) is 1.79. The largest absolute Gasteiger partial charge is 0.481 e. The van der Waals surface area contributed by atoms with Gasteiger partial charge in [-0.2, -0.15) is 0 Å². The van der Waals surface area contributed by atoms with Crippen molar-refractivity contribution in [2.24, 2.45) is 0 Å². The fourth-order valence-corrected chi connectivity index (χ4v) is 1.45. The molecule has 0 saturated heterocycles. The average molecular weight is 187 g/mol. The molecule has 0 saturated carbocycles. The van der Waals surface area contributed by atoms with E-state index < -0.39 is 11.9 Å². The van der Waals surface area contributed by atoms with Crippen LogP contribution in [0.15, 0.2) is 5.51 Å². The van der Waals surface area contributed by atoms with Crippen molar-refractivity contribution in [1.82, 2.24) is 4.98 Å². The van der Waals surface area contributed by atoms with Crippen molar-refractivity contribution in [2.45, 2.75) is 6.42 Å². The normalized spacial score (nSPS) is 9.67. The van der Waals surface area contributed by atoms with Gasteiger partial charge in [0.1, 0.15) is 0 Å². The fraction of sp³-hybridized carbons (Fsp3) is 0.167. The highest BCUT2D eigenvalue weighted by molar-refractivity contribution is 7.10. The van der Waals surface area contributed by atoms with Crippen molar-refractivity contribution < 1.29 is 19.8 Å². The van der Waals surface area contributed by atoms with Crippen LogP contribution in [0.1, 0.15) is 15.4 Å². The predicted octanol–water partition coefficient (Wildman–Crippen LogP) is 0.468. The monoisotopic (exact) mass is 187 g/mol. The van der Waals surface area contributed by atoms with E-state index in [1.807, 2.05) is 0 Å². The van der Waals surface area contributed by atoms with Crippen LogP contribution < -0.4 is 0 Å². The number of aromatic nitrogens is 1. The maximum atomic E-state index is 10.4. The molecule has 0 radical (unpaired) electrons. The van der Waals surface area contributed by atoms with Gasteiger partial charge >= 0.3 is 11.9 Å². The Bertz CT molecular complexity index is 319. The number of aliphatic carboxylic acids is 1. The highest BCUT2D eigenvalue weighted by atomic mass is 32.1. The number of nitrogens with zero attached hydrogens (tertiary/aromatic N) is 1. The highest BCUT2D eigenvalue weighted by Crippen LogP contribution is 2.13. The van der Waals surface area contributed by atoms with Crippen LogP contribution in [0, 0.1) is 0 Å². The van der Waals surface area contributed by atoms with Crippen LogP contribution >= 0.6 is 11.3 Å². The van der Waals surface area contributed by atoms with Gasteiger partial charge in [-0.15, -0.1) is 11.3 Å². The summed E-state index contributed by atoms with van der Waals surface area (Å²) in [5.74, 6) is -2.24. The van der Waals surface area contributed by atoms with Gasteiger partial charge in [-0.05, 0) is 0 Å². The summed E-state index contributed by atoms with van der Waals surface area (Å²) in [6, 6.07) is 0. The van der Waals surface area contributed by atoms with Crippen LogP contribution in [0.4, 0.5) is 0 Å². The van der Waals surface area contributed by atoms with E-state index in [1.165, 1.54) is 5.51 Å². The number of hydrogen-bond acceptors (Lipinski definition) is 4.